The molecule has 0 amide bonds. The van der Waals surface area contributed by atoms with Gasteiger partial charge in [-0.05, 0) is 0 Å². The van der Waals surface area contributed by atoms with Crippen LogP contribution in [-0.4, -0.2) is 0 Å². The molecule has 3 aliphatic carbocycles. The van der Waals surface area contributed by atoms with Crippen LogP contribution in [0, 0.1) is 34.5 Å². The largest absolute Gasteiger partial charge is 3.00 e. The Bertz CT molecular complexity index is 768. The van der Waals surface area contributed by atoms with Gasteiger partial charge in [-0.25, -0.2) is 16.7 Å². The minimum atomic E-state index is 0. The molecule has 0 bridgehead atoms. The smallest absolute Gasteiger partial charge is 0.263 e. The monoisotopic (exact) mass is 508 g/mol. The van der Waals surface area contributed by atoms with E-state index in [-0.39, 0.29) is 35.7 Å². The zero-order valence-corrected chi connectivity index (χ0v) is 24.5. The van der Waals surface area contributed by atoms with Crippen LogP contribution in [0.3, 0.4) is 0 Å². The molecule has 0 saturated carbocycles. The van der Waals surface area contributed by atoms with E-state index in [4.69, 9.17) is 0 Å². The van der Waals surface area contributed by atoms with Gasteiger partial charge in [-0.2, -0.15) is 33.4 Å². The molecule has 0 aromatic rings. The van der Waals surface area contributed by atoms with Gasteiger partial charge in [0.15, 0.2) is 0 Å². The Morgan fingerprint density at radius 2 is 0.548 bits per heavy atom. The average Bonchev–Trinajstić information content (AvgIpc) is 2.99. The summed E-state index contributed by atoms with van der Waals surface area (Å²) in [5, 5.41) is 0. The fourth-order valence-corrected chi connectivity index (χ4v) is 4.22. The van der Waals surface area contributed by atoms with E-state index < -0.39 is 0 Å². The van der Waals surface area contributed by atoms with E-state index >= 15 is 0 Å². The van der Waals surface area contributed by atoms with Crippen LogP contribution >= 0.6 is 0 Å². The third-order valence-corrected chi connectivity index (χ3v) is 7.69. The number of rotatable bonds is 0. The van der Waals surface area contributed by atoms with Gasteiger partial charge in [0.25, 0.3) is 0 Å². The summed E-state index contributed by atoms with van der Waals surface area (Å²) in [6.07, 6.45) is 10.3. The maximum Gasteiger partial charge on any atom is 3.00 e. The van der Waals surface area contributed by atoms with E-state index in [1.807, 2.05) is 0 Å². The van der Waals surface area contributed by atoms with Crippen LogP contribution in [0.1, 0.15) is 104 Å². The van der Waals surface area contributed by atoms with Crippen LogP contribution in [0.2, 0.25) is 0 Å². The molecule has 0 aromatic heterocycles. The zero-order valence-electron chi connectivity index (χ0n) is 22.8. The second-order valence-electron chi connectivity index (χ2n) is 10.9. The molecule has 0 fully saturated rings. The molecule has 0 spiro atoms. The summed E-state index contributed by atoms with van der Waals surface area (Å²) >= 11 is 0. The van der Waals surface area contributed by atoms with Crippen molar-refractivity contribution in [2.45, 2.75) is 104 Å². The predicted octanol–water partition coefficient (Wildman–Crippen LogP) is 9.33. The Hall–Kier alpha value is -0.937. The van der Waals surface area contributed by atoms with E-state index in [1.54, 1.807) is 0 Å². The van der Waals surface area contributed by atoms with Crippen molar-refractivity contribution in [1.29, 1.82) is 0 Å². The summed E-state index contributed by atoms with van der Waals surface area (Å²) in [4.78, 5) is 0. The predicted molar refractivity (Wildman–Crippen MR) is 134 cm³/mol. The SMILES string of the molecule is CC1=[C-]C(C)(C)C(C)=C1C.CC1=[C-]C(C)(C)C(C)=C1C.CC1=[C-]C(C)(C)C(C)=C1C.[Rh+3]. The molecule has 0 heterocycles. The first-order valence-corrected chi connectivity index (χ1v) is 11.2. The molecule has 0 N–H and O–H groups in total. The van der Waals surface area contributed by atoms with Gasteiger partial charge in [0.05, 0.1) is 0 Å². The Morgan fingerprint density at radius 3 is 0.581 bits per heavy atom. The quantitative estimate of drug-likeness (QED) is 0.226. The topological polar surface area (TPSA) is 0 Å². The summed E-state index contributed by atoms with van der Waals surface area (Å²) in [7, 11) is 0. The fraction of sp³-hybridized carbons (Fsp3) is 0.600. The van der Waals surface area contributed by atoms with Gasteiger partial charge in [0.1, 0.15) is 0 Å². The van der Waals surface area contributed by atoms with Gasteiger partial charge in [-0.3, -0.25) is 18.2 Å². The van der Waals surface area contributed by atoms with Crippen molar-refractivity contribution < 1.29 is 19.5 Å². The van der Waals surface area contributed by atoms with E-state index in [9.17, 15) is 0 Å². The Morgan fingerprint density at radius 1 is 0.387 bits per heavy atom. The van der Waals surface area contributed by atoms with Crippen LogP contribution in [0.25, 0.3) is 0 Å². The molecule has 0 aromatic carbocycles. The van der Waals surface area contributed by atoms with Gasteiger partial charge >= 0.3 is 19.5 Å². The maximum absolute atomic E-state index is 3.44. The van der Waals surface area contributed by atoms with Crippen molar-refractivity contribution in [2.24, 2.45) is 16.2 Å². The van der Waals surface area contributed by atoms with Crippen LogP contribution < -0.4 is 0 Å². The first kappa shape index (κ1) is 30.1. The van der Waals surface area contributed by atoms with Crippen molar-refractivity contribution in [3.63, 3.8) is 0 Å². The third kappa shape index (κ3) is 6.77. The van der Waals surface area contributed by atoms with Crippen LogP contribution in [-0.2, 0) is 19.5 Å². The van der Waals surface area contributed by atoms with Gasteiger partial charge in [0.2, 0.25) is 0 Å². The molecule has 0 nitrogen and oxygen atoms in total. The van der Waals surface area contributed by atoms with E-state index in [1.165, 1.54) is 50.2 Å². The number of hydrogen-bond acceptors (Lipinski definition) is 0. The second-order valence-corrected chi connectivity index (χ2v) is 10.9. The summed E-state index contributed by atoms with van der Waals surface area (Å²) in [6, 6.07) is 0. The Labute approximate surface area is 207 Å². The van der Waals surface area contributed by atoms with Crippen LogP contribution in [0.4, 0.5) is 0 Å². The standard InChI is InChI=1S/3C10H15.Rh/c3*1-7-6-10(4,5)9(3)8(7)2;/h3*1-5H3;/q3*-1;+3. The first-order valence-electron chi connectivity index (χ1n) is 11.2. The molecule has 0 saturated heterocycles. The van der Waals surface area contributed by atoms with E-state index in [0.29, 0.717) is 0 Å². The molecular formula is C30H45Rh. The van der Waals surface area contributed by atoms with E-state index in [0.717, 1.165) is 0 Å². The first-order chi connectivity index (χ1) is 13.3. The maximum atomic E-state index is 3.44. The summed E-state index contributed by atoms with van der Waals surface area (Å²) < 4.78 is 0. The summed E-state index contributed by atoms with van der Waals surface area (Å²) in [5.41, 5.74) is 13.2. The van der Waals surface area contributed by atoms with E-state index in [2.05, 4.69) is 122 Å². The Kier molecular flexibility index (Phi) is 10.0. The molecule has 1 heteroatoms. The van der Waals surface area contributed by atoms with Crippen molar-refractivity contribution in [1.82, 2.24) is 0 Å². The molecule has 0 unspecified atom stereocenters. The van der Waals surface area contributed by atoms with Gasteiger partial charge in [-0.1, -0.05) is 99.3 Å². The molecule has 3 aliphatic rings. The minimum Gasteiger partial charge on any atom is -0.263 e. The molecule has 3 rings (SSSR count). The van der Waals surface area contributed by atoms with Crippen molar-refractivity contribution in [3.05, 3.63) is 68.4 Å². The van der Waals surface area contributed by atoms with Crippen molar-refractivity contribution in [3.8, 4) is 0 Å². The normalized spacial score (nSPS) is 22.7. The fourth-order valence-electron chi connectivity index (χ4n) is 4.22. The summed E-state index contributed by atoms with van der Waals surface area (Å²) in [5.74, 6) is 0. The second kappa shape index (κ2) is 10.3. The molecule has 0 radical (unpaired) electrons. The van der Waals surface area contributed by atoms with Crippen molar-refractivity contribution in [2.75, 3.05) is 0 Å². The van der Waals surface area contributed by atoms with Crippen LogP contribution in [0.5, 0.6) is 0 Å². The summed E-state index contributed by atoms with van der Waals surface area (Å²) in [6.45, 7) is 32.8. The third-order valence-electron chi connectivity index (χ3n) is 7.69. The molecule has 0 atom stereocenters. The number of hydrogen-bond donors (Lipinski definition) is 0. The van der Waals surface area contributed by atoms with Gasteiger partial charge in [0, 0.05) is 0 Å². The molecule has 174 valence electrons. The minimum absolute atomic E-state index is 0. The van der Waals surface area contributed by atoms with Crippen LogP contribution in [0.15, 0.2) is 50.2 Å². The van der Waals surface area contributed by atoms with Gasteiger partial charge < -0.3 is 0 Å². The average molecular weight is 509 g/mol. The molecule has 31 heavy (non-hydrogen) atoms. The Balaban J connectivity index is 0.000000429. The van der Waals surface area contributed by atoms with Crippen molar-refractivity contribution >= 4 is 0 Å². The number of allylic oxidation sites excluding steroid dienone is 12. The van der Waals surface area contributed by atoms with Gasteiger partial charge in [-0.15, -0.1) is 20.8 Å². The zero-order chi connectivity index (χ0) is 23.8. The molecule has 0 aliphatic heterocycles. The molecular weight excluding hydrogens is 463 g/mol.